The summed E-state index contributed by atoms with van der Waals surface area (Å²) < 4.78 is 6.59. The molecule has 1 saturated heterocycles. The van der Waals surface area contributed by atoms with E-state index in [-0.39, 0.29) is 11.0 Å². The van der Waals surface area contributed by atoms with E-state index in [0.29, 0.717) is 0 Å². The summed E-state index contributed by atoms with van der Waals surface area (Å²) in [5, 5.41) is 0. The van der Waals surface area contributed by atoms with Gasteiger partial charge in [0.25, 0.3) is 0 Å². The van der Waals surface area contributed by atoms with Gasteiger partial charge in [0.15, 0.2) is 0 Å². The summed E-state index contributed by atoms with van der Waals surface area (Å²) in [7, 11) is 0. The normalized spacial score (nSPS) is 50.6. The molecule has 4 aliphatic carbocycles. The highest BCUT2D eigenvalue weighted by molar-refractivity contribution is 5.35. The lowest BCUT2D eigenvalue weighted by Crippen LogP contribution is -2.53. The van der Waals surface area contributed by atoms with E-state index in [0.717, 1.165) is 36.7 Å². The summed E-state index contributed by atoms with van der Waals surface area (Å²) in [6, 6.07) is 0. The van der Waals surface area contributed by atoms with Crippen LogP contribution in [0.5, 0.6) is 0 Å². The Morgan fingerprint density at radius 3 is 2.96 bits per heavy atom. The summed E-state index contributed by atoms with van der Waals surface area (Å²) in [6.07, 6.45) is 16.8. The first-order valence-corrected chi connectivity index (χ1v) is 10.8. The summed E-state index contributed by atoms with van der Waals surface area (Å²) >= 11 is 0. The van der Waals surface area contributed by atoms with Crippen LogP contribution in [0.15, 0.2) is 35.5 Å². The Kier molecular flexibility index (Phi) is 3.66. The molecule has 1 spiro atoms. The van der Waals surface area contributed by atoms with Crippen LogP contribution in [-0.4, -0.2) is 12.2 Å². The van der Waals surface area contributed by atoms with Gasteiger partial charge in [0, 0.05) is 5.41 Å². The first kappa shape index (κ1) is 16.4. The van der Waals surface area contributed by atoms with Gasteiger partial charge >= 0.3 is 0 Å². The van der Waals surface area contributed by atoms with E-state index in [9.17, 15) is 0 Å². The van der Waals surface area contributed by atoms with Gasteiger partial charge in [-0.15, -0.1) is 0 Å². The first-order valence-electron chi connectivity index (χ1n) is 10.8. The van der Waals surface area contributed by atoms with Crippen molar-refractivity contribution >= 4 is 0 Å². The Bertz CT molecular complexity index is 655. The van der Waals surface area contributed by atoms with Crippen LogP contribution in [0.2, 0.25) is 0 Å². The van der Waals surface area contributed by atoms with Crippen molar-refractivity contribution in [3.8, 4) is 0 Å². The van der Waals surface area contributed by atoms with Gasteiger partial charge in [-0.3, -0.25) is 0 Å². The maximum atomic E-state index is 6.59. The van der Waals surface area contributed by atoms with Gasteiger partial charge in [0.2, 0.25) is 0 Å². The van der Waals surface area contributed by atoms with E-state index in [1.54, 1.807) is 16.7 Å². The Labute approximate surface area is 153 Å². The second kappa shape index (κ2) is 5.59. The molecular weight excluding hydrogens is 304 g/mol. The van der Waals surface area contributed by atoms with Crippen LogP contribution in [0.1, 0.15) is 71.6 Å². The molecule has 25 heavy (non-hydrogen) atoms. The fourth-order valence-electron chi connectivity index (χ4n) is 8.09. The quantitative estimate of drug-likeness (QED) is 0.476. The van der Waals surface area contributed by atoms with E-state index in [2.05, 4.69) is 26.0 Å². The van der Waals surface area contributed by atoms with E-state index in [4.69, 9.17) is 11.3 Å². The molecule has 5 aliphatic rings. The number of fused-ring (bicyclic) bond motifs is 6. The lowest BCUT2D eigenvalue weighted by atomic mass is 9.49. The maximum absolute atomic E-state index is 6.59. The fourth-order valence-corrected chi connectivity index (χ4v) is 8.09. The molecular formula is C24H34O. The third-order valence-corrected chi connectivity index (χ3v) is 8.98. The average molecular weight is 339 g/mol. The minimum atomic E-state index is 0.0308. The molecule has 136 valence electrons. The van der Waals surface area contributed by atoms with Gasteiger partial charge in [-0.25, -0.2) is 0 Å². The van der Waals surface area contributed by atoms with Crippen molar-refractivity contribution in [1.29, 1.82) is 0 Å². The van der Waals surface area contributed by atoms with Crippen molar-refractivity contribution in [1.82, 2.24) is 0 Å². The third kappa shape index (κ3) is 2.00. The van der Waals surface area contributed by atoms with E-state index >= 15 is 0 Å². The van der Waals surface area contributed by atoms with Crippen LogP contribution in [0, 0.1) is 29.1 Å². The smallest absolute Gasteiger partial charge is 0.0951 e. The van der Waals surface area contributed by atoms with Gasteiger partial charge in [-0.05, 0) is 94.0 Å². The lowest BCUT2D eigenvalue weighted by molar-refractivity contribution is -0.0951. The molecule has 6 atom stereocenters. The Hall–Kier alpha value is -0.820. The van der Waals surface area contributed by atoms with Gasteiger partial charge in [0.1, 0.15) is 0 Å². The second-order valence-corrected chi connectivity index (χ2v) is 9.68. The first-order chi connectivity index (χ1) is 12.1. The predicted molar refractivity (Wildman–Crippen MR) is 103 cm³/mol. The Morgan fingerprint density at radius 2 is 2.12 bits per heavy atom. The zero-order valence-electron chi connectivity index (χ0n) is 16.2. The Morgan fingerprint density at radius 1 is 1.24 bits per heavy atom. The molecule has 0 unspecified atom stereocenters. The fraction of sp³-hybridized carbons (Fsp3) is 0.750. The highest BCUT2D eigenvalue weighted by Crippen LogP contribution is 2.69. The maximum Gasteiger partial charge on any atom is 0.0951 e. The van der Waals surface area contributed by atoms with Crippen molar-refractivity contribution in [3.05, 3.63) is 35.5 Å². The van der Waals surface area contributed by atoms with Crippen molar-refractivity contribution < 1.29 is 4.74 Å². The molecule has 1 heteroatoms. The molecule has 4 fully saturated rings. The predicted octanol–water partition coefficient (Wildman–Crippen LogP) is 6.22. The van der Waals surface area contributed by atoms with Crippen LogP contribution in [0.4, 0.5) is 0 Å². The van der Waals surface area contributed by atoms with Crippen molar-refractivity contribution in [2.45, 2.75) is 77.2 Å². The summed E-state index contributed by atoms with van der Waals surface area (Å²) in [6.45, 7) is 10.4. The molecule has 1 heterocycles. The van der Waals surface area contributed by atoms with Crippen molar-refractivity contribution in [3.63, 3.8) is 0 Å². The topological polar surface area (TPSA) is 9.23 Å². The number of hydrogen-bond acceptors (Lipinski definition) is 1. The molecule has 1 nitrogen and oxygen atoms in total. The van der Waals surface area contributed by atoms with E-state index in [1.807, 2.05) is 0 Å². The number of allylic oxidation sites excluding steroid dienone is 4. The molecule has 0 aromatic carbocycles. The van der Waals surface area contributed by atoms with Crippen molar-refractivity contribution in [2.24, 2.45) is 29.1 Å². The number of ether oxygens (including phenoxy) is 1. The van der Waals surface area contributed by atoms with Gasteiger partial charge in [-0.1, -0.05) is 36.8 Å². The molecule has 0 amide bonds. The number of rotatable bonds is 0. The third-order valence-electron chi connectivity index (χ3n) is 8.98. The molecule has 1 aliphatic heterocycles. The van der Waals surface area contributed by atoms with Crippen molar-refractivity contribution in [2.75, 3.05) is 6.61 Å². The zero-order chi connectivity index (χ0) is 17.2. The summed E-state index contributed by atoms with van der Waals surface area (Å²) in [4.78, 5) is 0. The highest BCUT2D eigenvalue weighted by Gasteiger charge is 2.66. The van der Waals surface area contributed by atoms with E-state index < -0.39 is 0 Å². The molecule has 3 saturated carbocycles. The standard InChI is InChI=1S/C24H34O/c1-4-18-12-14-25-24(18)13-11-21-20-10-9-17-7-5-6-8-19(17)22(20)16(2)15-23(21,24)3/h4,7,19-22H,2,5-6,8-15H2,1,3H3/b18-4+/t19-,20-,21-,22+,23-,24+/m0/s1. The van der Waals surface area contributed by atoms with Crippen LogP contribution < -0.4 is 0 Å². The summed E-state index contributed by atoms with van der Waals surface area (Å²) in [5.74, 6) is 3.28. The highest BCUT2D eigenvalue weighted by atomic mass is 16.5. The summed E-state index contributed by atoms with van der Waals surface area (Å²) in [5.41, 5.74) is 5.25. The van der Waals surface area contributed by atoms with E-state index in [1.165, 1.54) is 51.4 Å². The molecule has 0 aromatic rings. The minimum Gasteiger partial charge on any atom is -0.370 e. The minimum absolute atomic E-state index is 0.0308. The van der Waals surface area contributed by atoms with Crippen LogP contribution in [-0.2, 0) is 4.74 Å². The molecule has 0 radical (unpaired) electrons. The molecule has 5 rings (SSSR count). The van der Waals surface area contributed by atoms with Crippen LogP contribution in [0.25, 0.3) is 0 Å². The van der Waals surface area contributed by atoms with Crippen LogP contribution in [0.3, 0.4) is 0 Å². The largest absolute Gasteiger partial charge is 0.370 e. The molecule has 0 bridgehead atoms. The molecule has 0 N–H and O–H groups in total. The monoisotopic (exact) mass is 338 g/mol. The number of hydrogen-bond donors (Lipinski definition) is 0. The average Bonchev–Trinajstić information content (AvgIpc) is 3.17. The zero-order valence-corrected chi connectivity index (χ0v) is 16.2. The second-order valence-electron chi connectivity index (χ2n) is 9.68. The van der Waals surface area contributed by atoms with Gasteiger partial charge in [0.05, 0.1) is 12.2 Å². The lowest BCUT2D eigenvalue weighted by Gasteiger charge is -2.57. The van der Waals surface area contributed by atoms with Gasteiger partial charge < -0.3 is 4.74 Å². The van der Waals surface area contributed by atoms with Crippen LogP contribution >= 0.6 is 0 Å². The Balaban J connectivity index is 1.54. The van der Waals surface area contributed by atoms with Gasteiger partial charge in [-0.2, -0.15) is 0 Å². The molecule has 0 aromatic heterocycles. The SMILES string of the molecule is C=C1C[C@@]2(C)[C@@H](CC[C@]23OCC/C3=C\C)[C@@H]2CCC3=CCCC[C@@H]3[C@@H]12.